The van der Waals surface area contributed by atoms with Crippen molar-refractivity contribution in [1.29, 1.82) is 0 Å². The molecule has 0 heterocycles. The summed E-state index contributed by atoms with van der Waals surface area (Å²) in [6, 6.07) is 3.29. The van der Waals surface area contributed by atoms with Gasteiger partial charge >= 0.3 is 0 Å². The summed E-state index contributed by atoms with van der Waals surface area (Å²) < 4.78 is 19.5. The molecule has 2 rings (SSSR count). The van der Waals surface area contributed by atoms with Gasteiger partial charge in [-0.05, 0) is 49.8 Å². The predicted molar refractivity (Wildman–Crippen MR) is 101 cm³/mol. The van der Waals surface area contributed by atoms with Crippen LogP contribution in [0.25, 0.3) is 0 Å². The lowest BCUT2D eigenvalue weighted by Gasteiger charge is -2.28. The minimum atomic E-state index is -0.401. The average molecular weight is 349 g/mol. The second-order valence-electron chi connectivity index (χ2n) is 7.47. The molecule has 25 heavy (non-hydrogen) atoms. The second kappa shape index (κ2) is 9.94. The monoisotopic (exact) mass is 348 g/mol. The lowest BCUT2D eigenvalue weighted by atomic mass is 9.78. The Bertz CT molecular complexity index is 559. The number of rotatable bonds is 9. The number of ketones is 1. The first-order valence-electron chi connectivity index (χ1n) is 10.0. The van der Waals surface area contributed by atoms with E-state index in [1.807, 2.05) is 6.92 Å². The summed E-state index contributed by atoms with van der Waals surface area (Å²) in [4.78, 5) is 12.5. The molecule has 0 amide bonds. The Hall–Kier alpha value is -1.38. The number of Topliss-reactive ketones (excluding diaryl/α,β-unsaturated/α-hetero) is 1. The van der Waals surface area contributed by atoms with Gasteiger partial charge < -0.3 is 4.74 Å². The molecule has 2 nitrogen and oxygen atoms in total. The quantitative estimate of drug-likeness (QED) is 0.477. The molecule has 0 unspecified atom stereocenters. The number of hydrogen-bond donors (Lipinski definition) is 0. The fraction of sp³-hybridized carbons (Fsp3) is 0.682. The van der Waals surface area contributed by atoms with Crippen LogP contribution in [-0.2, 0) is 0 Å². The van der Waals surface area contributed by atoms with E-state index in [0.717, 1.165) is 24.7 Å². The molecule has 0 bridgehead atoms. The number of benzene rings is 1. The van der Waals surface area contributed by atoms with Crippen LogP contribution in [0.5, 0.6) is 5.75 Å². The lowest BCUT2D eigenvalue weighted by Crippen LogP contribution is -2.15. The Balaban J connectivity index is 1.80. The molecule has 0 N–H and O–H groups in total. The van der Waals surface area contributed by atoms with Crippen LogP contribution in [0, 0.1) is 24.6 Å². The van der Waals surface area contributed by atoms with E-state index in [2.05, 4.69) is 6.92 Å². The molecule has 0 radical (unpaired) electrons. The summed E-state index contributed by atoms with van der Waals surface area (Å²) in [5, 5.41) is 0. The second-order valence-corrected chi connectivity index (χ2v) is 7.47. The van der Waals surface area contributed by atoms with Crippen LogP contribution in [0.3, 0.4) is 0 Å². The molecule has 0 saturated heterocycles. The lowest BCUT2D eigenvalue weighted by molar-refractivity contribution is 0.0974. The molecule has 1 aromatic rings. The van der Waals surface area contributed by atoms with E-state index in [-0.39, 0.29) is 11.5 Å². The fourth-order valence-corrected chi connectivity index (χ4v) is 4.13. The molecule has 3 heteroatoms. The van der Waals surface area contributed by atoms with Crippen LogP contribution in [-0.4, -0.2) is 12.4 Å². The van der Waals surface area contributed by atoms with Gasteiger partial charge in [-0.25, -0.2) is 4.39 Å². The molecular weight excluding hydrogens is 315 g/mol. The van der Waals surface area contributed by atoms with E-state index in [4.69, 9.17) is 4.74 Å². The maximum absolute atomic E-state index is 14.2. The Morgan fingerprint density at radius 2 is 1.76 bits per heavy atom. The van der Waals surface area contributed by atoms with Crippen LogP contribution < -0.4 is 4.74 Å². The van der Waals surface area contributed by atoms with Crippen LogP contribution in [0.2, 0.25) is 0 Å². The summed E-state index contributed by atoms with van der Waals surface area (Å²) in [6.45, 7) is 6.18. The first-order valence-corrected chi connectivity index (χ1v) is 10.0. The summed E-state index contributed by atoms with van der Waals surface area (Å²) in [5.74, 6) is 1.60. The highest BCUT2D eigenvalue weighted by Gasteiger charge is 2.21. The molecule has 1 fully saturated rings. The van der Waals surface area contributed by atoms with Crippen LogP contribution >= 0.6 is 0 Å². The Morgan fingerprint density at radius 3 is 2.36 bits per heavy atom. The topological polar surface area (TPSA) is 26.3 Å². The van der Waals surface area contributed by atoms with E-state index < -0.39 is 5.82 Å². The molecule has 0 aromatic heterocycles. The molecule has 140 valence electrons. The van der Waals surface area contributed by atoms with Crippen molar-refractivity contribution in [3.05, 3.63) is 29.1 Å². The highest BCUT2D eigenvalue weighted by atomic mass is 19.1. The Labute approximate surface area is 152 Å². The maximum atomic E-state index is 14.2. The third-order valence-corrected chi connectivity index (χ3v) is 5.63. The molecule has 1 aliphatic carbocycles. The van der Waals surface area contributed by atoms with Crippen molar-refractivity contribution in [1.82, 2.24) is 0 Å². The van der Waals surface area contributed by atoms with Crippen molar-refractivity contribution in [2.24, 2.45) is 11.8 Å². The van der Waals surface area contributed by atoms with Gasteiger partial charge in [-0.1, -0.05) is 51.9 Å². The zero-order chi connectivity index (χ0) is 18.2. The van der Waals surface area contributed by atoms with Crippen LogP contribution in [0.4, 0.5) is 4.39 Å². The van der Waals surface area contributed by atoms with Gasteiger partial charge in [0.1, 0.15) is 0 Å². The van der Waals surface area contributed by atoms with Crippen LogP contribution in [0.15, 0.2) is 12.1 Å². The van der Waals surface area contributed by atoms with Crippen molar-refractivity contribution in [3.8, 4) is 5.75 Å². The average Bonchev–Trinajstić information content (AvgIpc) is 2.61. The normalized spacial score (nSPS) is 20.5. The van der Waals surface area contributed by atoms with E-state index in [1.54, 1.807) is 19.1 Å². The number of hydrogen-bond acceptors (Lipinski definition) is 2. The number of carbonyl (C=O) groups is 1. The number of halogens is 1. The highest BCUT2D eigenvalue weighted by molar-refractivity contribution is 5.97. The zero-order valence-corrected chi connectivity index (χ0v) is 16.1. The standard InChI is InChI=1S/C22H33FO2/c1-4-7-17-10-12-18(13-11-17)8-6-9-20(24)19-14-15-21(25-5-2)22(23)16(19)3/h14-15,17-18H,4-13H2,1-3H3. The molecule has 0 atom stereocenters. The van der Waals surface area contributed by atoms with Gasteiger partial charge in [-0.2, -0.15) is 0 Å². The van der Waals surface area contributed by atoms with Crippen molar-refractivity contribution < 1.29 is 13.9 Å². The van der Waals surface area contributed by atoms with Gasteiger partial charge in [0.05, 0.1) is 6.61 Å². The van der Waals surface area contributed by atoms with Gasteiger partial charge in [-0.3, -0.25) is 4.79 Å². The SMILES string of the molecule is CCCC1CCC(CCCC(=O)c2ccc(OCC)c(F)c2C)CC1. The van der Waals surface area contributed by atoms with Crippen LogP contribution in [0.1, 0.15) is 87.6 Å². The van der Waals surface area contributed by atoms with E-state index in [0.29, 0.717) is 24.2 Å². The molecule has 0 aliphatic heterocycles. The third kappa shape index (κ3) is 5.55. The van der Waals surface area contributed by atoms with Gasteiger partial charge in [0.15, 0.2) is 17.3 Å². The number of ether oxygens (including phenoxy) is 1. The highest BCUT2D eigenvalue weighted by Crippen LogP contribution is 2.34. The molecule has 0 spiro atoms. The molecule has 1 aromatic carbocycles. The van der Waals surface area contributed by atoms with Crippen molar-refractivity contribution in [2.75, 3.05) is 6.61 Å². The third-order valence-electron chi connectivity index (χ3n) is 5.63. The van der Waals surface area contributed by atoms with E-state index >= 15 is 0 Å². The van der Waals surface area contributed by atoms with Gasteiger partial charge in [0, 0.05) is 12.0 Å². The maximum Gasteiger partial charge on any atom is 0.168 e. The fourth-order valence-electron chi connectivity index (χ4n) is 4.13. The summed E-state index contributed by atoms with van der Waals surface area (Å²) in [6.07, 6.45) is 10.6. The Morgan fingerprint density at radius 1 is 1.12 bits per heavy atom. The van der Waals surface area contributed by atoms with Gasteiger partial charge in [-0.15, -0.1) is 0 Å². The Kier molecular flexibility index (Phi) is 7.92. The van der Waals surface area contributed by atoms with Gasteiger partial charge in [0.2, 0.25) is 0 Å². The largest absolute Gasteiger partial charge is 0.491 e. The van der Waals surface area contributed by atoms with Crippen molar-refractivity contribution in [2.45, 2.75) is 78.6 Å². The minimum absolute atomic E-state index is 0.0547. The smallest absolute Gasteiger partial charge is 0.168 e. The van der Waals surface area contributed by atoms with Crippen molar-refractivity contribution >= 4 is 5.78 Å². The molecule has 1 saturated carbocycles. The number of carbonyl (C=O) groups excluding carboxylic acids is 1. The minimum Gasteiger partial charge on any atom is -0.491 e. The summed E-state index contributed by atoms with van der Waals surface area (Å²) in [7, 11) is 0. The van der Waals surface area contributed by atoms with E-state index in [1.165, 1.54) is 38.5 Å². The molecular formula is C22H33FO2. The molecule has 1 aliphatic rings. The predicted octanol–water partition coefficient (Wildman–Crippen LogP) is 6.49. The van der Waals surface area contributed by atoms with Gasteiger partial charge in [0.25, 0.3) is 0 Å². The first kappa shape index (κ1) is 19.9. The summed E-state index contributed by atoms with van der Waals surface area (Å²) >= 11 is 0. The summed E-state index contributed by atoms with van der Waals surface area (Å²) in [5.41, 5.74) is 0.920. The van der Waals surface area contributed by atoms with Crippen molar-refractivity contribution in [3.63, 3.8) is 0 Å². The van der Waals surface area contributed by atoms with E-state index in [9.17, 15) is 9.18 Å². The first-order chi connectivity index (χ1) is 12.1. The zero-order valence-electron chi connectivity index (χ0n) is 16.1.